The summed E-state index contributed by atoms with van der Waals surface area (Å²) in [6, 6.07) is 3.61. The van der Waals surface area contributed by atoms with Crippen molar-refractivity contribution in [3.8, 4) is 17.0 Å². The van der Waals surface area contributed by atoms with Gasteiger partial charge in [-0.1, -0.05) is 5.57 Å². The summed E-state index contributed by atoms with van der Waals surface area (Å²) in [5.41, 5.74) is 6.80. The van der Waals surface area contributed by atoms with Gasteiger partial charge in [0.15, 0.2) is 5.43 Å². The van der Waals surface area contributed by atoms with E-state index in [1.165, 1.54) is 29.8 Å². The lowest BCUT2D eigenvalue weighted by atomic mass is 9.87. The van der Waals surface area contributed by atoms with E-state index in [4.69, 9.17) is 4.74 Å². The SMILES string of the molecule is CC(C)=C1Cc2c(cc(N3CCC3)c3c2CCO3)-c2cc(=O)c(C(=O)O)cn21. The van der Waals surface area contributed by atoms with E-state index in [0.717, 1.165) is 53.5 Å². The van der Waals surface area contributed by atoms with Crippen LogP contribution in [0.2, 0.25) is 0 Å². The highest BCUT2D eigenvalue weighted by molar-refractivity contribution is 5.90. The molecule has 3 aliphatic rings. The molecule has 0 unspecified atom stereocenters. The van der Waals surface area contributed by atoms with Crippen LogP contribution in [0.4, 0.5) is 5.69 Å². The van der Waals surface area contributed by atoms with Crippen molar-refractivity contribution in [3.63, 3.8) is 0 Å². The Balaban J connectivity index is 1.83. The van der Waals surface area contributed by atoms with Crippen LogP contribution in [0.1, 0.15) is 41.8 Å². The highest BCUT2D eigenvalue weighted by Gasteiger charge is 2.32. The van der Waals surface area contributed by atoms with Crippen LogP contribution in [0.15, 0.2) is 28.7 Å². The zero-order valence-electron chi connectivity index (χ0n) is 16.0. The Kier molecular flexibility index (Phi) is 3.66. The number of carbonyl (C=O) groups is 1. The number of pyridine rings is 1. The first kappa shape index (κ1) is 17.1. The fourth-order valence-electron chi connectivity index (χ4n) is 4.44. The van der Waals surface area contributed by atoms with E-state index in [1.807, 2.05) is 18.4 Å². The second kappa shape index (κ2) is 5.99. The van der Waals surface area contributed by atoms with Crippen LogP contribution < -0.4 is 15.1 Å². The van der Waals surface area contributed by atoms with Crippen molar-refractivity contribution < 1.29 is 14.6 Å². The van der Waals surface area contributed by atoms with Gasteiger partial charge in [0, 0.05) is 55.0 Å². The van der Waals surface area contributed by atoms with Crippen molar-refractivity contribution in [1.29, 1.82) is 0 Å². The van der Waals surface area contributed by atoms with Gasteiger partial charge in [-0.25, -0.2) is 4.79 Å². The third-order valence-corrected chi connectivity index (χ3v) is 6.04. The third kappa shape index (κ3) is 2.33. The van der Waals surface area contributed by atoms with Crippen LogP contribution in [0.25, 0.3) is 17.0 Å². The number of anilines is 1. The van der Waals surface area contributed by atoms with Crippen molar-refractivity contribution >= 4 is 17.4 Å². The molecule has 1 fully saturated rings. The van der Waals surface area contributed by atoms with E-state index in [2.05, 4.69) is 11.0 Å². The van der Waals surface area contributed by atoms with Crippen molar-refractivity contribution in [3.05, 3.63) is 50.8 Å². The normalized spacial score (nSPS) is 16.6. The number of aromatic carboxylic acids is 1. The average Bonchev–Trinajstić information content (AvgIpc) is 3.09. The smallest absolute Gasteiger partial charge is 0.341 e. The van der Waals surface area contributed by atoms with E-state index < -0.39 is 11.4 Å². The predicted molar refractivity (Wildman–Crippen MR) is 107 cm³/mol. The highest BCUT2D eigenvalue weighted by atomic mass is 16.5. The van der Waals surface area contributed by atoms with Gasteiger partial charge in [0.05, 0.1) is 18.0 Å². The summed E-state index contributed by atoms with van der Waals surface area (Å²) in [6.45, 7) is 6.75. The number of benzene rings is 1. The molecule has 0 radical (unpaired) electrons. The fraction of sp³-hybridized carbons (Fsp3) is 0.364. The predicted octanol–water partition coefficient (Wildman–Crippen LogP) is 3.17. The summed E-state index contributed by atoms with van der Waals surface area (Å²) in [4.78, 5) is 26.3. The maximum Gasteiger partial charge on any atom is 0.341 e. The standard InChI is InChI=1S/C22H22N2O4/c1-12(2)17-8-14-13-4-7-28-21(13)19(23-5-3-6-23)9-15(14)18-10-20(25)16(22(26)27)11-24(17)18/h9-11H,3-8H2,1-2H3,(H,26,27). The molecule has 1 aromatic carbocycles. The first-order valence-corrected chi connectivity index (χ1v) is 9.69. The molecule has 1 saturated heterocycles. The van der Waals surface area contributed by atoms with Crippen molar-refractivity contribution in [2.75, 3.05) is 24.6 Å². The van der Waals surface area contributed by atoms with Crippen molar-refractivity contribution in [2.45, 2.75) is 33.1 Å². The molecule has 0 saturated carbocycles. The molecule has 28 heavy (non-hydrogen) atoms. The molecule has 144 valence electrons. The molecule has 1 aromatic heterocycles. The Labute approximate surface area is 162 Å². The van der Waals surface area contributed by atoms with Crippen LogP contribution in [-0.4, -0.2) is 35.3 Å². The Morgan fingerprint density at radius 3 is 2.61 bits per heavy atom. The number of carboxylic acids is 1. The summed E-state index contributed by atoms with van der Waals surface area (Å²) in [5.74, 6) is -0.202. The van der Waals surface area contributed by atoms with Gasteiger partial charge < -0.3 is 19.3 Å². The largest absolute Gasteiger partial charge is 0.491 e. The van der Waals surface area contributed by atoms with Crippen LogP contribution in [0.5, 0.6) is 5.75 Å². The van der Waals surface area contributed by atoms with Crippen molar-refractivity contribution in [2.24, 2.45) is 0 Å². The number of hydrogen-bond acceptors (Lipinski definition) is 4. The molecule has 0 spiro atoms. The summed E-state index contributed by atoms with van der Waals surface area (Å²) in [6.07, 6.45) is 4.23. The highest BCUT2D eigenvalue weighted by Crippen LogP contribution is 2.47. The summed E-state index contributed by atoms with van der Waals surface area (Å²) in [7, 11) is 0. The van der Waals surface area contributed by atoms with E-state index in [1.54, 1.807) is 0 Å². The molecule has 2 aromatic rings. The maximum absolute atomic E-state index is 12.5. The van der Waals surface area contributed by atoms with Gasteiger partial charge in [-0.05, 0) is 31.9 Å². The van der Waals surface area contributed by atoms with Crippen LogP contribution in [0.3, 0.4) is 0 Å². The number of carboxylic acid groups (broad SMARTS) is 1. The van der Waals surface area contributed by atoms with Crippen LogP contribution >= 0.6 is 0 Å². The monoisotopic (exact) mass is 378 g/mol. The van der Waals surface area contributed by atoms with Gasteiger partial charge in [-0.15, -0.1) is 0 Å². The Morgan fingerprint density at radius 2 is 1.96 bits per heavy atom. The number of fused-ring (bicyclic) bond motifs is 5. The van der Waals surface area contributed by atoms with E-state index in [0.29, 0.717) is 13.0 Å². The fourth-order valence-corrected chi connectivity index (χ4v) is 4.44. The van der Waals surface area contributed by atoms with E-state index >= 15 is 0 Å². The molecule has 0 bridgehead atoms. The molecule has 0 aliphatic carbocycles. The van der Waals surface area contributed by atoms with Gasteiger partial charge in [-0.2, -0.15) is 0 Å². The first-order chi connectivity index (χ1) is 13.5. The molecule has 1 N–H and O–H groups in total. The Bertz CT molecular complexity index is 1120. The van der Waals surface area contributed by atoms with E-state index in [-0.39, 0.29) is 5.56 Å². The molecule has 0 amide bonds. The quantitative estimate of drug-likeness (QED) is 0.869. The lowest BCUT2D eigenvalue weighted by Gasteiger charge is -2.36. The van der Waals surface area contributed by atoms with Crippen LogP contribution in [0, 0.1) is 0 Å². The van der Waals surface area contributed by atoms with Gasteiger partial charge in [-0.3, -0.25) is 4.79 Å². The minimum absolute atomic E-state index is 0.196. The second-order valence-corrected chi connectivity index (χ2v) is 7.90. The molecular weight excluding hydrogens is 356 g/mol. The lowest BCUT2D eigenvalue weighted by molar-refractivity contribution is 0.0695. The molecule has 6 nitrogen and oxygen atoms in total. The maximum atomic E-state index is 12.5. The Hall–Kier alpha value is -3.02. The average molecular weight is 378 g/mol. The van der Waals surface area contributed by atoms with Crippen LogP contribution in [-0.2, 0) is 12.8 Å². The molecule has 4 heterocycles. The topological polar surface area (TPSA) is 71.8 Å². The minimum Gasteiger partial charge on any atom is -0.491 e. The summed E-state index contributed by atoms with van der Waals surface area (Å²) < 4.78 is 7.90. The molecular formula is C22H22N2O4. The first-order valence-electron chi connectivity index (χ1n) is 9.69. The lowest BCUT2D eigenvalue weighted by Crippen LogP contribution is -2.37. The third-order valence-electron chi connectivity index (χ3n) is 6.04. The zero-order valence-corrected chi connectivity index (χ0v) is 16.0. The van der Waals surface area contributed by atoms with Gasteiger partial charge in [0.2, 0.25) is 0 Å². The number of rotatable bonds is 2. The zero-order chi connectivity index (χ0) is 19.6. The summed E-state index contributed by atoms with van der Waals surface area (Å²) in [5, 5.41) is 9.42. The molecule has 0 atom stereocenters. The second-order valence-electron chi connectivity index (χ2n) is 7.90. The van der Waals surface area contributed by atoms with Crippen molar-refractivity contribution in [1.82, 2.24) is 4.57 Å². The van der Waals surface area contributed by atoms with Gasteiger partial charge >= 0.3 is 5.97 Å². The minimum atomic E-state index is -1.19. The number of nitrogens with zero attached hydrogens (tertiary/aromatic N) is 2. The van der Waals surface area contributed by atoms with E-state index in [9.17, 15) is 14.7 Å². The van der Waals surface area contributed by atoms with Gasteiger partial charge in [0.1, 0.15) is 11.3 Å². The Morgan fingerprint density at radius 1 is 1.18 bits per heavy atom. The number of hydrogen-bond donors (Lipinski definition) is 1. The number of aromatic nitrogens is 1. The number of ether oxygens (including phenoxy) is 1. The molecule has 5 rings (SSSR count). The molecule has 6 heteroatoms. The number of allylic oxidation sites excluding steroid dienone is 2. The molecule has 3 aliphatic heterocycles. The van der Waals surface area contributed by atoms with Gasteiger partial charge in [0.25, 0.3) is 0 Å². The summed E-state index contributed by atoms with van der Waals surface area (Å²) >= 11 is 0.